The lowest BCUT2D eigenvalue weighted by atomic mass is 10.1. The highest BCUT2D eigenvalue weighted by molar-refractivity contribution is 5.78. The van der Waals surface area contributed by atoms with Crippen molar-refractivity contribution in [3.05, 3.63) is 53.8 Å². The van der Waals surface area contributed by atoms with Gasteiger partial charge in [-0.05, 0) is 31.0 Å². The van der Waals surface area contributed by atoms with E-state index in [1.165, 1.54) is 6.07 Å². The van der Waals surface area contributed by atoms with Crippen LogP contribution in [0.25, 0.3) is 0 Å². The minimum atomic E-state index is -0.290. The van der Waals surface area contributed by atoms with Crippen LogP contribution in [0.1, 0.15) is 18.4 Å². The molecule has 0 bridgehead atoms. The molecule has 162 valence electrons. The normalized spacial score (nSPS) is 14.9. The first kappa shape index (κ1) is 21.9. The van der Waals surface area contributed by atoms with Gasteiger partial charge in [-0.1, -0.05) is 24.3 Å². The van der Waals surface area contributed by atoms with Gasteiger partial charge in [0.15, 0.2) is 11.5 Å². The van der Waals surface area contributed by atoms with E-state index in [1.807, 2.05) is 18.2 Å². The van der Waals surface area contributed by atoms with Gasteiger partial charge in [0.05, 0.1) is 20.8 Å². The number of carbonyl (C=O) groups excluding carboxylic acids is 1. The number of likely N-dealkylation sites (N-methyl/N-ethyl adjacent to an activating group) is 1. The van der Waals surface area contributed by atoms with E-state index in [0.29, 0.717) is 29.4 Å². The van der Waals surface area contributed by atoms with Crippen LogP contribution in [0.3, 0.4) is 0 Å². The van der Waals surface area contributed by atoms with Gasteiger partial charge < -0.3 is 19.1 Å². The maximum atomic E-state index is 13.8. The van der Waals surface area contributed by atoms with Crippen molar-refractivity contribution in [2.75, 3.05) is 40.9 Å². The van der Waals surface area contributed by atoms with Crippen molar-refractivity contribution in [1.82, 2.24) is 9.80 Å². The molecule has 0 atom stereocenters. The van der Waals surface area contributed by atoms with E-state index in [0.717, 1.165) is 25.9 Å². The highest BCUT2D eigenvalue weighted by Gasteiger charge is 2.25. The fourth-order valence-electron chi connectivity index (χ4n) is 3.57. The predicted octanol–water partition coefficient (Wildman–Crippen LogP) is 3.34. The molecule has 0 aromatic heterocycles. The SMILES string of the molecule is COc1cccc(OC)c1OC1CCN(CC(=O)N(C)Cc2ccccc2F)CC1. The summed E-state index contributed by atoms with van der Waals surface area (Å²) in [5, 5.41) is 0. The maximum absolute atomic E-state index is 13.8. The van der Waals surface area contributed by atoms with Gasteiger partial charge in [0.25, 0.3) is 0 Å². The quantitative estimate of drug-likeness (QED) is 0.661. The molecule has 1 heterocycles. The highest BCUT2D eigenvalue weighted by atomic mass is 19.1. The lowest BCUT2D eigenvalue weighted by molar-refractivity contribution is -0.132. The molecular weight excluding hydrogens is 387 g/mol. The first-order chi connectivity index (χ1) is 14.5. The standard InChI is InChI=1S/C23H29FN2O4/c1-25(15-17-7-4-5-8-19(17)24)22(27)16-26-13-11-18(12-14-26)30-23-20(28-2)9-6-10-21(23)29-3/h4-10,18H,11-16H2,1-3H3. The van der Waals surface area contributed by atoms with Crippen LogP contribution in [-0.4, -0.2) is 62.7 Å². The summed E-state index contributed by atoms with van der Waals surface area (Å²) in [6.45, 7) is 2.08. The fourth-order valence-corrected chi connectivity index (χ4v) is 3.57. The zero-order chi connectivity index (χ0) is 21.5. The van der Waals surface area contributed by atoms with Gasteiger partial charge in [-0.25, -0.2) is 4.39 Å². The van der Waals surface area contributed by atoms with E-state index < -0.39 is 0 Å². The molecule has 0 unspecified atom stereocenters. The van der Waals surface area contributed by atoms with Gasteiger partial charge in [0.2, 0.25) is 11.7 Å². The third-order valence-corrected chi connectivity index (χ3v) is 5.35. The van der Waals surface area contributed by atoms with Crippen LogP contribution in [0.2, 0.25) is 0 Å². The molecule has 7 heteroatoms. The van der Waals surface area contributed by atoms with Crippen molar-refractivity contribution in [3.8, 4) is 17.2 Å². The zero-order valence-corrected chi connectivity index (χ0v) is 17.8. The van der Waals surface area contributed by atoms with Crippen molar-refractivity contribution >= 4 is 5.91 Å². The lowest BCUT2D eigenvalue weighted by Gasteiger charge is -2.33. The second-order valence-corrected chi connectivity index (χ2v) is 7.43. The number of ether oxygens (including phenoxy) is 3. The monoisotopic (exact) mass is 416 g/mol. The van der Waals surface area contributed by atoms with Gasteiger partial charge in [-0.2, -0.15) is 0 Å². The molecule has 0 saturated carbocycles. The molecule has 1 aliphatic heterocycles. The van der Waals surface area contributed by atoms with E-state index in [1.54, 1.807) is 44.4 Å². The summed E-state index contributed by atoms with van der Waals surface area (Å²) >= 11 is 0. The molecule has 0 N–H and O–H groups in total. The molecule has 6 nitrogen and oxygen atoms in total. The summed E-state index contributed by atoms with van der Waals surface area (Å²) in [4.78, 5) is 16.2. The van der Waals surface area contributed by atoms with Gasteiger partial charge in [0, 0.05) is 32.2 Å². The van der Waals surface area contributed by atoms with Crippen LogP contribution in [0, 0.1) is 5.82 Å². The molecule has 0 spiro atoms. The third-order valence-electron chi connectivity index (χ3n) is 5.35. The molecule has 1 fully saturated rings. The van der Waals surface area contributed by atoms with Crippen LogP contribution in [-0.2, 0) is 11.3 Å². The number of halogens is 1. The Morgan fingerprint density at radius 2 is 1.70 bits per heavy atom. The number of para-hydroxylation sites is 1. The van der Waals surface area contributed by atoms with Crippen LogP contribution in [0.4, 0.5) is 4.39 Å². The van der Waals surface area contributed by atoms with Crippen LogP contribution < -0.4 is 14.2 Å². The molecule has 3 rings (SSSR count). The molecule has 30 heavy (non-hydrogen) atoms. The Kier molecular flexibility index (Phi) is 7.52. The van der Waals surface area contributed by atoms with E-state index in [2.05, 4.69) is 4.90 Å². The summed E-state index contributed by atoms with van der Waals surface area (Å²) in [5.74, 6) is 1.58. The number of rotatable bonds is 8. The maximum Gasteiger partial charge on any atom is 0.236 e. The van der Waals surface area contributed by atoms with Crippen molar-refractivity contribution < 1.29 is 23.4 Å². The molecule has 1 amide bonds. The average Bonchev–Trinajstić information content (AvgIpc) is 2.76. The Bertz CT molecular complexity index is 831. The first-order valence-electron chi connectivity index (χ1n) is 10.1. The first-order valence-corrected chi connectivity index (χ1v) is 10.1. The number of likely N-dealkylation sites (tertiary alicyclic amines) is 1. The fraction of sp³-hybridized carbons (Fsp3) is 0.435. The number of methoxy groups -OCH3 is 2. The van der Waals surface area contributed by atoms with Gasteiger partial charge in [-0.3, -0.25) is 9.69 Å². The summed E-state index contributed by atoms with van der Waals surface area (Å²) in [5.41, 5.74) is 0.520. The van der Waals surface area contributed by atoms with Crippen molar-refractivity contribution in [1.29, 1.82) is 0 Å². The molecule has 1 aliphatic rings. The summed E-state index contributed by atoms with van der Waals surface area (Å²) in [6.07, 6.45) is 1.62. The zero-order valence-electron chi connectivity index (χ0n) is 17.8. The Hall–Kier alpha value is -2.80. The minimum Gasteiger partial charge on any atom is -0.493 e. The molecule has 2 aromatic rings. The molecule has 2 aromatic carbocycles. The predicted molar refractivity (Wildman–Crippen MR) is 113 cm³/mol. The number of hydrogen-bond acceptors (Lipinski definition) is 5. The van der Waals surface area contributed by atoms with Crippen molar-refractivity contribution in [2.24, 2.45) is 0 Å². The topological polar surface area (TPSA) is 51.2 Å². The van der Waals surface area contributed by atoms with Gasteiger partial charge in [-0.15, -0.1) is 0 Å². The lowest BCUT2D eigenvalue weighted by Crippen LogP contribution is -2.44. The van der Waals surface area contributed by atoms with E-state index in [4.69, 9.17) is 14.2 Å². The number of amides is 1. The second-order valence-electron chi connectivity index (χ2n) is 7.43. The van der Waals surface area contributed by atoms with Gasteiger partial charge in [0.1, 0.15) is 11.9 Å². The number of carbonyl (C=O) groups is 1. The Balaban J connectivity index is 1.50. The number of nitrogens with zero attached hydrogens (tertiary/aromatic N) is 2. The van der Waals surface area contributed by atoms with E-state index in [-0.39, 0.29) is 24.4 Å². The van der Waals surface area contributed by atoms with E-state index in [9.17, 15) is 9.18 Å². The highest BCUT2D eigenvalue weighted by Crippen LogP contribution is 2.38. The average molecular weight is 416 g/mol. The molecule has 0 radical (unpaired) electrons. The number of benzene rings is 2. The summed E-state index contributed by atoms with van der Waals surface area (Å²) in [7, 11) is 4.92. The van der Waals surface area contributed by atoms with E-state index >= 15 is 0 Å². The Labute approximate surface area is 177 Å². The smallest absolute Gasteiger partial charge is 0.236 e. The second kappa shape index (κ2) is 10.3. The van der Waals surface area contributed by atoms with Gasteiger partial charge >= 0.3 is 0 Å². The van der Waals surface area contributed by atoms with Crippen LogP contribution in [0.5, 0.6) is 17.2 Å². The molecular formula is C23H29FN2O4. The minimum absolute atomic E-state index is 0.0241. The summed E-state index contributed by atoms with van der Waals surface area (Å²) in [6, 6.07) is 12.1. The number of piperidine rings is 1. The van der Waals surface area contributed by atoms with Crippen LogP contribution >= 0.6 is 0 Å². The summed E-state index contributed by atoms with van der Waals surface area (Å²) < 4.78 is 30.8. The Morgan fingerprint density at radius 1 is 1.07 bits per heavy atom. The number of hydrogen-bond donors (Lipinski definition) is 0. The van der Waals surface area contributed by atoms with Crippen molar-refractivity contribution in [2.45, 2.75) is 25.5 Å². The van der Waals surface area contributed by atoms with Crippen LogP contribution in [0.15, 0.2) is 42.5 Å². The van der Waals surface area contributed by atoms with Crippen molar-refractivity contribution in [3.63, 3.8) is 0 Å². The molecule has 0 aliphatic carbocycles. The largest absolute Gasteiger partial charge is 0.493 e. The molecule has 1 saturated heterocycles. The third kappa shape index (κ3) is 5.42. The Morgan fingerprint density at radius 3 is 2.30 bits per heavy atom.